The SMILES string of the molecule is COCCN(CC(=O)N1N=C(c2cccs2)CC1c1ccc(Cl)cc1)C(=O)c1ccccc1Cl. The number of hydrazone groups is 1. The molecular weight excluding hydrogens is 493 g/mol. The first-order valence-electron chi connectivity index (χ1n) is 10.7. The van der Waals surface area contributed by atoms with Crippen LogP contribution in [0.2, 0.25) is 10.0 Å². The van der Waals surface area contributed by atoms with Gasteiger partial charge in [-0.3, -0.25) is 9.59 Å². The van der Waals surface area contributed by atoms with Gasteiger partial charge in [0.15, 0.2) is 0 Å². The number of hydrogen-bond donors (Lipinski definition) is 0. The average molecular weight is 516 g/mol. The van der Waals surface area contributed by atoms with Crippen LogP contribution in [0.1, 0.15) is 33.3 Å². The second kappa shape index (κ2) is 11.1. The predicted octanol–water partition coefficient (Wildman–Crippen LogP) is 5.52. The minimum absolute atomic E-state index is 0.154. The predicted molar refractivity (Wildman–Crippen MR) is 136 cm³/mol. The van der Waals surface area contributed by atoms with Crippen molar-refractivity contribution < 1.29 is 14.3 Å². The molecule has 0 spiro atoms. The van der Waals surface area contributed by atoms with Gasteiger partial charge in [-0.2, -0.15) is 5.10 Å². The fourth-order valence-electron chi connectivity index (χ4n) is 3.77. The highest BCUT2D eigenvalue weighted by Gasteiger charge is 2.35. The van der Waals surface area contributed by atoms with E-state index in [2.05, 4.69) is 5.10 Å². The van der Waals surface area contributed by atoms with Crippen LogP contribution in [0.15, 0.2) is 71.1 Å². The molecule has 9 heteroatoms. The van der Waals surface area contributed by atoms with Crippen LogP contribution in [0.4, 0.5) is 0 Å². The van der Waals surface area contributed by atoms with Crippen LogP contribution in [0.3, 0.4) is 0 Å². The van der Waals surface area contributed by atoms with Crippen molar-refractivity contribution in [3.63, 3.8) is 0 Å². The molecule has 2 heterocycles. The lowest BCUT2D eigenvalue weighted by atomic mass is 10.0. The number of thiophene rings is 1. The molecule has 0 radical (unpaired) electrons. The number of amides is 2. The molecule has 34 heavy (non-hydrogen) atoms. The molecule has 0 saturated carbocycles. The summed E-state index contributed by atoms with van der Waals surface area (Å²) >= 11 is 13.9. The smallest absolute Gasteiger partial charge is 0.262 e. The third-order valence-electron chi connectivity index (χ3n) is 5.51. The normalized spacial score (nSPS) is 15.3. The molecular formula is C25H23Cl2N3O3S. The molecule has 0 aliphatic carbocycles. The summed E-state index contributed by atoms with van der Waals surface area (Å²) in [6.45, 7) is 0.375. The van der Waals surface area contributed by atoms with Gasteiger partial charge >= 0.3 is 0 Å². The highest BCUT2D eigenvalue weighted by Crippen LogP contribution is 2.34. The van der Waals surface area contributed by atoms with E-state index < -0.39 is 0 Å². The number of benzene rings is 2. The first-order valence-corrected chi connectivity index (χ1v) is 12.3. The first-order chi connectivity index (χ1) is 16.5. The Morgan fingerprint density at radius 1 is 1.12 bits per heavy atom. The molecule has 1 aliphatic rings. The Morgan fingerprint density at radius 3 is 2.56 bits per heavy atom. The second-order valence-electron chi connectivity index (χ2n) is 7.73. The molecule has 0 fully saturated rings. The van der Waals surface area contributed by atoms with Crippen molar-refractivity contribution >= 4 is 52.1 Å². The second-order valence-corrected chi connectivity index (χ2v) is 9.52. The van der Waals surface area contributed by atoms with Crippen molar-refractivity contribution in [2.75, 3.05) is 26.8 Å². The van der Waals surface area contributed by atoms with Crippen LogP contribution in [0, 0.1) is 0 Å². The number of rotatable bonds is 8. The Balaban J connectivity index is 1.61. The van der Waals surface area contributed by atoms with E-state index in [0.717, 1.165) is 16.2 Å². The van der Waals surface area contributed by atoms with Gasteiger partial charge in [0, 0.05) is 25.1 Å². The molecule has 1 aliphatic heterocycles. The topological polar surface area (TPSA) is 62.2 Å². The molecule has 1 atom stereocenters. The van der Waals surface area contributed by atoms with E-state index >= 15 is 0 Å². The largest absolute Gasteiger partial charge is 0.383 e. The van der Waals surface area contributed by atoms with Gasteiger partial charge in [0.25, 0.3) is 11.8 Å². The van der Waals surface area contributed by atoms with Crippen LogP contribution in [0.5, 0.6) is 0 Å². The van der Waals surface area contributed by atoms with Gasteiger partial charge in [-0.15, -0.1) is 11.3 Å². The van der Waals surface area contributed by atoms with Gasteiger partial charge in [-0.25, -0.2) is 5.01 Å². The van der Waals surface area contributed by atoms with E-state index in [-0.39, 0.29) is 37.6 Å². The molecule has 6 nitrogen and oxygen atoms in total. The summed E-state index contributed by atoms with van der Waals surface area (Å²) in [7, 11) is 1.55. The number of ether oxygens (including phenoxy) is 1. The molecule has 0 bridgehead atoms. The van der Waals surface area contributed by atoms with Crippen molar-refractivity contribution in [2.45, 2.75) is 12.5 Å². The Morgan fingerprint density at radius 2 is 1.88 bits per heavy atom. The lowest BCUT2D eigenvalue weighted by molar-refractivity contribution is -0.133. The van der Waals surface area contributed by atoms with Crippen LogP contribution in [0.25, 0.3) is 0 Å². The summed E-state index contributed by atoms with van der Waals surface area (Å²) in [5, 5.41) is 9.10. The van der Waals surface area contributed by atoms with E-state index in [4.69, 9.17) is 27.9 Å². The summed E-state index contributed by atoms with van der Waals surface area (Å²) < 4.78 is 5.17. The van der Waals surface area contributed by atoms with Crippen molar-refractivity contribution in [3.8, 4) is 0 Å². The van der Waals surface area contributed by atoms with Crippen LogP contribution in [-0.4, -0.2) is 54.2 Å². The van der Waals surface area contributed by atoms with E-state index in [9.17, 15) is 9.59 Å². The molecule has 2 aromatic carbocycles. The first kappa shape index (κ1) is 24.4. The number of halogens is 2. The Labute approximate surface area is 212 Å². The zero-order valence-corrected chi connectivity index (χ0v) is 20.8. The van der Waals surface area contributed by atoms with E-state index in [1.54, 1.807) is 54.8 Å². The van der Waals surface area contributed by atoms with Gasteiger partial charge < -0.3 is 9.64 Å². The maximum atomic E-state index is 13.5. The van der Waals surface area contributed by atoms with Crippen molar-refractivity contribution in [2.24, 2.45) is 5.10 Å². The van der Waals surface area contributed by atoms with Gasteiger partial charge in [-0.1, -0.05) is 53.5 Å². The lowest BCUT2D eigenvalue weighted by Gasteiger charge is -2.27. The van der Waals surface area contributed by atoms with E-state index in [1.165, 1.54) is 9.91 Å². The van der Waals surface area contributed by atoms with Crippen LogP contribution >= 0.6 is 34.5 Å². The zero-order valence-electron chi connectivity index (χ0n) is 18.5. The monoisotopic (exact) mass is 515 g/mol. The lowest BCUT2D eigenvalue weighted by Crippen LogP contribution is -2.42. The highest BCUT2D eigenvalue weighted by atomic mass is 35.5. The quantitative estimate of drug-likeness (QED) is 0.396. The Kier molecular flexibility index (Phi) is 8.00. The summed E-state index contributed by atoms with van der Waals surface area (Å²) in [5.74, 6) is -0.622. The summed E-state index contributed by atoms with van der Waals surface area (Å²) in [5.41, 5.74) is 2.10. The Hall–Kier alpha value is -2.71. The van der Waals surface area contributed by atoms with Gasteiger partial charge in [-0.05, 0) is 41.3 Å². The molecule has 1 unspecified atom stereocenters. The zero-order chi connectivity index (χ0) is 24.1. The van der Waals surface area contributed by atoms with E-state index in [1.807, 2.05) is 29.6 Å². The summed E-state index contributed by atoms with van der Waals surface area (Å²) in [4.78, 5) is 29.2. The Bertz CT molecular complexity index is 1180. The number of methoxy groups -OCH3 is 1. The number of carbonyl (C=O) groups excluding carboxylic acids is 2. The minimum Gasteiger partial charge on any atom is -0.383 e. The maximum Gasteiger partial charge on any atom is 0.262 e. The fraction of sp³-hybridized carbons (Fsp3) is 0.240. The average Bonchev–Trinajstić information content (AvgIpc) is 3.52. The van der Waals surface area contributed by atoms with Gasteiger partial charge in [0.2, 0.25) is 0 Å². The molecule has 4 rings (SSSR count). The molecule has 0 N–H and O–H groups in total. The third-order valence-corrected chi connectivity index (χ3v) is 7.01. The van der Waals surface area contributed by atoms with E-state index in [0.29, 0.717) is 22.0 Å². The molecule has 2 amide bonds. The highest BCUT2D eigenvalue weighted by molar-refractivity contribution is 7.12. The molecule has 1 aromatic heterocycles. The number of nitrogens with zero attached hydrogens (tertiary/aromatic N) is 3. The molecule has 0 saturated heterocycles. The summed E-state index contributed by atoms with van der Waals surface area (Å²) in [6.07, 6.45) is 0.574. The minimum atomic E-state index is -0.333. The number of carbonyl (C=O) groups is 2. The standard InChI is InChI=1S/C25H23Cl2N3O3S/c1-33-13-12-29(25(32)19-5-2-3-6-20(19)27)16-24(31)30-22(17-8-10-18(26)11-9-17)15-21(28-30)23-7-4-14-34-23/h2-11,14,22H,12-13,15-16H2,1H3. The fourth-order valence-corrected chi connectivity index (χ4v) is 4.83. The van der Waals surface area contributed by atoms with Crippen molar-refractivity contribution in [1.82, 2.24) is 9.91 Å². The van der Waals surface area contributed by atoms with Crippen LogP contribution < -0.4 is 0 Å². The van der Waals surface area contributed by atoms with Crippen molar-refractivity contribution in [3.05, 3.63) is 92.1 Å². The van der Waals surface area contributed by atoms with Crippen molar-refractivity contribution in [1.29, 1.82) is 0 Å². The van der Waals surface area contributed by atoms with Crippen LogP contribution in [-0.2, 0) is 9.53 Å². The van der Waals surface area contributed by atoms with Gasteiger partial charge in [0.05, 0.1) is 33.8 Å². The maximum absolute atomic E-state index is 13.5. The summed E-state index contributed by atoms with van der Waals surface area (Å²) in [6, 6.07) is 17.9. The molecule has 3 aromatic rings. The van der Waals surface area contributed by atoms with Gasteiger partial charge in [0.1, 0.15) is 6.54 Å². The number of hydrogen-bond acceptors (Lipinski definition) is 5. The third kappa shape index (κ3) is 5.50. The molecule has 176 valence electrons.